The van der Waals surface area contributed by atoms with Gasteiger partial charge in [0.2, 0.25) is 0 Å². The van der Waals surface area contributed by atoms with Crippen LogP contribution in [-0.4, -0.2) is 26.2 Å². The van der Waals surface area contributed by atoms with Crippen LogP contribution in [0.2, 0.25) is 18.1 Å². The van der Waals surface area contributed by atoms with Crippen molar-refractivity contribution in [2.75, 3.05) is 0 Å². The zero-order chi connectivity index (χ0) is 23.9. The van der Waals surface area contributed by atoms with Gasteiger partial charge in [-0.2, -0.15) is 0 Å². The molecular formula is C29H43NOSi. The molecule has 0 aliphatic heterocycles. The van der Waals surface area contributed by atoms with Crippen molar-refractivity contribution < 1.29 is 4.43 Å². The zero-order valence-electron chi connectivity index (χ0n) is 21.6. The van der Waals surface area contributed by atoms with Gasteiger partial charge in [-0.15, -0.1) is 6.58 Å². The van der Waals surface area contributed by atoms with Crippen molar-refractivity contribution in [2.45, 2.75) is 92.1 Å². The predicted octanol–water partition coefficient (Wildman–Crippen LogP) is 8.11. The molecule has 2 nitrogen and oxygen atoms in total. The van der Waals surface area contributed by atoms with Crippen molar-refractivity contribution in [3.8, 4) is 0 Å². The number of nitrogens with zero attached hydrogens (tertiary/aromatic N) is 1. The molecule has 32 heavy (non-hydrogen) atoms. The largest absolute Gasteiger partial charge is 0.412 e. The minimum atomic E-state index is -1.72. The molecule has 0 aliphatic carbocycles. The Morgan fingerprint density at radius 3 is 1.59 bits per heavy atom. The Bertz CT molecular complexity index is 840. The summed E-state index contributed by atoms with van der Waals surface area (Å²) >= 11 is 0. The monoisotopic (exact) mass is 449 g/mol. The van der Waals surface area contributed by atoms with E-state index in [0.717, 1.165) is 30.3 Å². The van der Waals surface area contributed by atoms with Crippen LogP contribution in [0.3, 0.4) is 0 Å². The van der Waals surface area contributed by atoms with E-state index in [0.29, 0.717) is 0 Å². The first kappa shape index (κ1) is 26.3. The number of hydrogen-bond acceptors (Lipinski definition) is 2. The summed E-state index contributed by atoms with van der Waals surface area (Å²) in [6, 6.07) is 16.9. The lowest BCUT2D eigenvalue weighted by atomic mass is 9.95. The van der Waals surface area contributed by atoms with Gasteiger partial charge in [-0.05, 0) is 83.4 Å². The van der Waals surface area contributed by atoms with Crippen LogP contribution in [0.5, 0.6) is 0 Å². The number of aryl methyl sites for hydroxylation is 4. The minimum absolute atomic E-state index is 0.0423. The van der Waals surface area contributed by atoms with Crippen molar-refractivity contribution in [1.82, 2.24) is 0 Å². The van der Waals surface area contributed by atoms with Crippen LogP contribution in [-0.2, 0) is 4.43 Å². The Balaban J connectivity index is 2.62. The van der Waals surface area contributed by atoms with Crippen LogP contribution in [0, 0.1) is 27.7 Å². The van der Waals surface area contributed by atoms with Crippen LogP contribution in [0.25, 0.3) is 0 Å². The first-order valence-corrected chi connectivity index (χ1v) is 14.7. The average Bonchev–Trinajstić information content (AvgIpc) is 2.73. The summed E-state index contributed by atoms with van der Waals surface area (Å²) in [5.74, 6) is 0. The second-order valence-corrected chi connectivity index (χ2v) is 14.1. The van der Waals surface area contributed by atoms with E-state index in [1.165, 1.54) is 33.4 Å². The molecule has 174 valence electrons. The number of aliphatic imine (C=N–C) groups is 1. The normalized spacial score (nSPS) is 13.5. The van der Waals surface area contributed by atoms with E-state index in [2.05, 4.69) is 98.4 Å². The average molecular weight is 450 g/mol. The van der Waals surface area contributed by atoms with E-state index in [9.17, 15) is 0 Å². The molecule has 0 aromatic heterocycles. The molecule has 3 heteroatoms. The first-order chi connectivity index (χ1) is 15.2. The molecule has 0 fully saturated rings. The van der Waals surface area contributed by atoms with Crippen LogP contribution in [0.1, 0.15) is 67.5 Å². The fourth-order valence-corrected chi connectivity index (χ4v) is 7.64. The van der Waals surface area contributed by atoms with Gasteiger partial charge in [-0.25, -0.2) is 0 Å². The molecule has 0 amide bonds. The fraction of sp³-hybridized carbons (Fsp3) is 0.483. The lowest BCUT2D eigenvalue weighted by Crippen LogP contribution is -2.42. The molecule has 0 spiro atoms. The summed E-state index contributed by atoms with van der Waals surface area (Å²) in [4.78, 5) is 5.40. The second kappa shape index (κ2) is 11.8. The van der Waals surface area contributed by atoms with Crippen molar-refractivity contribution in [3.05, 3.63) is 82.4 Å². The lowest BCUT2D eigenvalue weighted by Gasteiger charge is -2.34. The first-order valence-electron chi connectivity index (χ1n) is 12.2. The van der Waals surface area contributed by atoms with Crippen molar-refractivity contribution in [3.63, 3.8) is 0 Å². The fourth-order valence-electron chi connectivity index (χ4n) is 4.70. The minimum Gasteiger partial charge on any atom is -0.412 e. The van der Waals surface area contributed by atoms with E-state index >= 15 is 0 Å². The molecular weight excluding hydrogens is 406 g/mol. The molecule has 0 N–H and O–H groups in total. The SMILES string of the molecule is C=CC[C@@H](N=C(c1cc(C)cc(C)c1)c1cc(C)cc(C)c1)[C@H](C)O[Si](CC)(CC)CC. The zero-order valence-corrected chi connectivity index (χ0v) is 22.6. The highest BCUT2D eigenvalue weighted by molar-refractivity contribution is 6.73. The van der Waals surface area contributed by atoms with Gasteiger partial charge in [-0.3, -0.25) is 4.99 Å². The molecule has 2 atom stereocenters. The summed E-state index contributed by atoms with van der Waals surface area (Å²) in [5.41, 5.74) is 8.46. The van der Waals surface area contributed by atoms with Crippen molar-refractivity contribution in [2.24, 2.45) is 4.99 Å². The molecule has 0 heterocycles. The van der Waals surface area contributed by atoms with Gasteiger partial charge >= 0.3 is 0 Å². The van der Waals surface area contributed by atoms with Gasteiger partial charge in [0, 0.05) is 11.1 Å². The van der Waals surface area contributed by atoms with Crippen LogP contribution >= 0.6 is 0 Å². The molecule has 2 rings (SSSR count). The van der Waals surface area contributed by atoms with Gasteiger partial charge in [0.05, 0.1) is 17.9 Å². The van der Waals surface area contributed by atoms with E-state index in [-0.39, 0.29) is 12.1 Å². The predicted molar refractivity (Wildman–Crippen MR) is 144 cm³/mol. The van der Waals surface area contributed by atoms with Crippen molar-refractivity contribution >= 4 is 14.0 Å². The third-order valence-corrected chi connectivity index (χ3v) is 11.3. The third kappa shape index (κ3) is 6.76. The third-order valence-electron chi connectivity index (χ3n) is 6.60. The molecule has 0 bridgehead atoms. The van der Waals surface area contributed by atoms with Gasteiger partial charge in [0.15, 0.2) is 8.32 Å². The Morgan fingerprint density at radius 2 is 1.25 bits per heavy atom. The molecule has 2 aromatic carbocycles. The Morgan fingerprint density at radius 1 is 0.844 bits per heavy atom. The standard InChI is InChI=1S/C29H43NOSi/c1-10-14-28(25(9)31-32(11-2,12-3)13-4)30-29(26-17-21(5)15-22(6)18-26)27-19-23(7)16-24(8)20-27/h10,15-20,25,28H,1,11-14H2,2-9H3/t25-,28+/m0/s1. The Hall–Kier alpha value is -1.97. The molecule has 2 aromatic rings. The molecule has 0 radical (unpaired) electrons. The van der Waals surface area contributed by atoms with E-state index in [1.54, 1.807) is 0 Å². The van der Waals surface area contributed by atoms with Gasteiger partial charge < -0.3 is 4.43 Å². The lowest BCUT2D eigenvalue weighted by molar-refractivity contribution is 0.176. The topological polar surface area (TPSA) is 21.6 Å². The van der Waals surface area contributed by atoms with Crippen LogP contribution in [0.15, 0.2) is 54.0 Å². The Labute approximate surface area is 198 Å². The van der Waals surface area contributed by atoms with Gasteiger partial charge in [0.25, 0.3) is 0 Å². The van der Waals surface area contributed by atoms with Crippen LogP contribution in [0.4, 0.5) is 0 Å². The molecule has 0 saturated heterocycles. The van der Waals surface area contributed by atoms with E-state index in [4.69, 9.17) is 9.42 Å². The number of rotatable bonds is 11. The number of benzene rings is 2. The summed E-state index contributed by atoms with van der Waals surface area (Å²) in [6.45, 7) is 21.7. The summed E-state index contributed by atoms with van der Waals surface area (Å²) in [6.07, 6.45) is 2.86. The highest BCUT2D eigenvalue weighted by Crippen LogP contribution is 2.27. The van der Waals surface area contributed by atoms with Crippen LogP contribution < -0.4 is 0 Å². The molecule has 0 aliphatic rings. The molecule has 0 saturated carbocycles. The van der Waals surface area contributed by atoms with E-state index < -0.39 is 8.32 Å². The van der Waals surface area contributed by atoms with Gasteiger partial charge in [-0.1, -0.05) is 61.2 Å². The smallest absolute Gasteiger partial charge is 0.192 e. The quantitative estimate of drug-likeness (QED) is 0.193. The maximum atomic E-state index is 6.85. The number of hydrogen-bond donors (Lipinski definition) is 0. The summed E-state index contributed by atoms with van der Waals surface area (Å²) < 4.78 is 6.85. The maximum Gasteiger partial charge on any atom is 0.192 e. The highest BCUT2D eigenvalue weighted by Gasteiger charge is 2.33. The summed E-state index contributed by atoms with van der Waals surface area (Å²) in [7, 11) is -1.72. The van der Waals surface area contributed by atoms with E-state index in [1.807, 2.05) is 6.08 Å². The maximum absolute atomic E-state index is 6.85. The highest BCUT2D eigenvalue weighted by atomic mass is 28.4. The Kier molecular flexibility index (Phi) is 9.66. The van der Waals surface area contributed by atoms with Gasteiger partial charge in [0.1, 0.15) is 0 Å². The molecule has 0 unspecified atom stereocenters. The second-order valence-electron chi connectivity index (χ2n) is 9.39. The van der Waals surface area contributed by atoms with Crippen molar-refractivity contribution in [1.29, 1.82) is 0 Å². The summed E-state index contributed by atoms with van der Waals surface area (Å²) in [5, 5.41) is 0.